The normalized spacial score (nSPS) is 10.8. The third-order valence-electron chi connectivity index (χ3n) is 5.30. The highest BCUT2D eigenvalue weighted by Gasteiger charge is 2.12. The summed E-state index contributed by atoms with van der Waals surface area (Å²) < 4.78 is 13.7. The zero-order chi connectivity index (χ0) is 24.0. The van der Waals surface area contributed by atoms with Crippen molar-refractivity contribution in [2.45, 2.75) is 20.1 Å². The van der Waals surface area contributed by atoms with Crippen LogP contribution in [-0.4, -0.2) is 25.3 Å². The van der Waals surface area contributed by atoms with Crippen molar-refractivity contribution in [3.63, 3.8) is 0 Å². The van der Waals surface area contributed by atoms with E-state index in [1.54, 1.807) is 55.0 Å². The number of hydrogen-bond acceptors (Lipinski definition) is 6. The van der Waals surface area contributed by atoms with E-state index >= 15 is 0 Å². The first-order valence-corrected chi connectivity index (χ1v) is 11.1. The number of aromatic nitrogens is 4. The number of carbonyl (C=O) groups is 1. The number of ether oxygens (including phenoxy) is 2. The van der Waals surface area contributed by atoms with Gasteiger partial charge in [-0.05, 0) is 72.6 Å². The SMILES string of the molecule is Cc1ccc2nc(COc3ccc(C(=O)Nc4ncccc4OCc4ccncc4)cc3)cn2c1. The summed E-state index contributed by atoms with van der Waals surface area (Å²) in [5.41, 5.74) is 4.31. The van der Waals surface area contributed by atoms with Gasteiger partial charge in [0.1, 0.15) is 24.6 Å². The minimum absolute atomic E-state index is 0.292. The fourth-order valence-corrected chi connectivity index (χ4v) is 3.51. The van der Waals surface area contributed by atoms with Crippen LogP contribution in [-0.2, 0) is 13.2 Å². The van der Waals surface area contributed by atoms with Crippen molar-refractivity contribution in [3.05, 3.63) is 114 Å². The molecule has 4 heterocycles. The van der Waals surface area contributed by atoms with Crippen LogP contribution in [0.15, 0.2) is 91.6 Å². The Labute approximate surface area is 202 Å². The second kappa shape index (κ2) is 10.0. The summed E-state index contributed by atoms with van der Waals surface area (Å²) in [6, 6.07) is 18.2. The number of imidazole rings is 1. The maximum atomic E-state index is 12.8. The Morgan fingerprint density at radius 2 is 1.74 bits per heavy atom. The van der Waals surface area contributed by atoms with Crippen LogP contribution in [0.5, 0.6) is 11.5 Å². The molecule has 35 heavy (non-hydrogen) atoms. The minimum Gasteiger partial charge on any atom is -0.487 e. The monoisotopic (exact) mass is 465 g/mol. The van der Waals surface area contributed by atoms with Crippen molar-refractivity contribution in [3.8, 4) is 11.5 Å². The largest absolute Gasteiger partial charge is 0.487 e. The van der Waals surface area contributed by atoms with Crippen LogP contribution < -0.4 is 14.8 Å². The Hall–Kier alpha value is -4.72. The zero-order valence-electron chi connectivity index (χ0n) is 19.1. The molecule has 174 valence electrons. The number of carbonyl (C=O) groups excluding carboxylic acids is 1. The van der Waals surface area contributed by atoms with E-state index in [9.17, 15) is 4.79 Å². The first-order chi connectivity index (χ1) is 17.1. The van der Waals surface area contributed by atoms with Crippen LogP contribution >= 0.6 is 0 Å². The molecule has 0 aliphatic heterocycles. The molecular weight excluding hydrogens is 442 g/mol. The molecule has 0 saturated heterocycles. The third kappa shape index (κ3) is 5.44. The van der Waals surface area contributed by atoms with Gasteiger partial charge in [-0.3, -0.25) is 9.78 Å². The van der Waals surface area contributed by atoms with Crippen molar-refractivity contribution >= 4 is 17.4 Å². The van der Waals surface area contributed by atoms with Gasteiger partial charge in [-0.15, -0.1) is 0 Å². The summed E-state index contributed by atoms with van der Waals surface area (Å²) in [4.78, 5) is 25.6. The van der Waals surface area contributed by atoms with E-state index in [2.05, 4.69) is 20.3 Å². The Balaban J connectivity index is 1.20. The Kier molecular flexibility index (Phi) is 6.34. The van der Waals surface area contributed by atoms with Crippen LogP contribution in [0.25, 0.3) is 5.65 Å². The molecule has 0 fully saturated rings. The number of pyridine rings is 3. The number of nitrogens with zero attached hydrogens (tertiary/aromatic N) is 4. The number of fused-ring (bicyclic) bond motifs is 1. The smallest absolute Gasteiger partial charge is 0.256 e. The molecule has 0 atom stereocenters. The topological polar surface area (TPSA) is 90.6 Å². The summed E-state index contributed by atoms with van der Waals surface area (Å²) in [6.07, 6.45) is 8.99. The second-order valence-electron chi connectivity index (χ2n) is 7.97. The minimum atomic E-state index is -0.292. The molecule has 0 unspecified atom stereocenters. The van der Waals surface area contributed by atoms with Gasteiger partial charge in [-0.1, -0.05) is 6.07 Å². The maximum absolute atomic E-state index is 12.8. The van der Waals surface area contributed by atoms with Crippen LogP contribution in [0.4, 0.5) is 5.82 Å². The summed E-state index contributed by atoms with van der Waals surface area (Å²) in [6.45, 7) is 2.71. The fraction of sp³-hybridized carbons (Fsp3) is 0.111. The van der Waals surface area contributed by atoms with E-state index < -0.39 is 0 Å². The first-order valence-electron chi connectivity index (χ1n) is 11.1. The second-order valence-corrected chi connectivity index (χ2v) is 7.97. The molecule has 1 amide bonds. The molecule has 8 nitrogen and oxygen atoms in total. The van der Waals surface area contributed by atoms with Gasteiger partial charge in [0, 0.05) is 36.5 Å². The lowest BCUT2D eigenvalue weighted by molar-refractivity contribution is 0.102. The average Bonchev–Trinajstić information content (AvgIpc) is 3.30. The highest BCUT2D eigenvalue weighted by molar-refractivity contribution is 6.04. The number of anilines is 1. The number of aryl methyl sites for hydroxylation is 1. The molecule has 4 aromatic heterocycles. The third-order valence-corrected chi connectivity index (χ3v) is 5.30. The zero-order valence-corrected chi connectivity index (χ0v) is 19.1. The van der Waals surface area contributed by atoms with Crippen LogP contribution in [0.2, 0.25) is 0 Å². The molecule has 0 saturated carbocycles. The van der Waals surface area contributed by atoms with Crippen molar-refractivity contribution in [1.29, 1.82) is 0 Å². The number of nitrogens with one attached hydrogen (secondary N) is 1. The Morgan fingerprint density at radius 3 is 2.57 bits per heavy atom. The molecule has 0 aliphatic carbocycles. The highest BCUT2D eigenvalue weighted by Crippen LogP contribution is 2.23. The van der Waals surface area contributed by atoms with E-state index in [0.29, 0.717) is 36.1 Å². The average molecular weight is 466 g/mol. The van der Waals surface area contributed by atoms with E-state index in [-0.39, 0.29) is 5.91 Å². The molecule has 5 rings (SSSR count). The van der Waals surface area contributed by atoms with Gasteiger partial charge in [0.25, 0.3) is 5.91 Å². The molecule has 1 N–H and O–H groups in total. The molecule has 0 spiro atoms. The van der Waals surface area contributed by atoms with Crippen molar-refractivity contribution < 1.29 is 14.3 Å². The van der Waals surface area contributed by atoms with E-state index in [1.807, 2.05) is 48.0 Å². The maximum Gasteiger partial charge on any atom is 0.256 e. The number of benzene rings is 1. The molecule has 0 aliphatic rings. The summed E-state index contributed by atoms with van der Waals surface area (Å²) in [7, 11) is 0. The van der Waals surface area contributed by atoms with Gasteiger partial charge in [0.15, 0.2) is 11.6 Å². The molecular formula is C27H23N5O3. The molecule has 1 aromatic carbocycles. The van der Waals surface area contributed by atoms with Crippen molar-refractivity contribution in [2.24, 2.45) is 0 Å². The van der Waals surface area contributed by atoms with Gasteiger partial charge in [0.2, 0.25) is 0 Å². The lowest BCUT2D eigenvalue weighted by Crippen LogP contribution is -2.14. The van der Waals surface area contributed by atoms with Crippen LogP contribution in [0, 0.1) is 6.92 Å². The van der Waals surface area contributed by atoms with Crippen molar-refractivity contribution in [1.82, 2.24) is 19.4 Å². The van der Waals surface area contributed by atoms with E-state index in [4.69, 9.17) is 9.47 Å². The molecule has 5 aromatic rings. The fourth-order valence-electron chi connectivity index (χ4n) is 3.51. The van der Waals surface area contributed by atoms with Gasteiger partial charge in [-0.25, -0.2) is 9.97 Å². The Morgan fingerprint density at radius 1 is 0.914 bits per heavy atom. The number of amides is 1. The summed E-state index contributed by atoms with van der Waals surface area (Å²) >= 11 is 0. The lowest BCUT2D eigenvalue weighted by Gasteiger charge is -2.12. The highest BCUT2D eigenvalue weighted by atomic mass is 16.5. The first kappa shape index (κ1) is 22.1. The summed E-state index contributed by atoms with van der Waals surface area (Å²) in [5.74, 6) is 1.20. The van der Waals surface area contributed by atoms with Crippen molar-refractivity contribution in [2.75, 3.05) is 5.32 Å². The lowest BCUT2D eigenvalue weighted by atomic mass is 10.2. The van der Waals surface area contributed by atoms with Gasteiger partial charge >= 0.3 is 0 Å². The predicted molar refractivity (Wildman–Crippen MR) is 131 cm³/mol. The number of hydrogen-bond donors (Lipinski definition) is 1. The van der Waals surface area contributed by atoms with E-state index in [1.165, 1.54) is 0 Å². The standard InChI is InChI=1S/C27H23N5O3/c1-19-4-9-25-30-22(16-32(25)15-19)18-34-23-7-5-21(6-8-23)27(33)31-26-24(3-2-12-29-26)35-17-20-10-13-28-14-11-20/h2-16H,17-18H2,1H3,(H,29,31,33). The van der Waals surface area contributed by atoms with Gasteiger partial charge < -0.3 is 19.2 Å². The Bertz CT molecular complexity index is 1450. The molecule has 0 radical (unpaired) electrons. The molecule has 8 heteroatoms. The summed E-state index contributed by atoms with van der Waals surface area (Å²) in [5, 5.41) is 2.82. The van der Waals surface area contributed by atoms with Gasteiger partial charge in [-0.2, -0.15) is 0 Å². The van der Waals surface area contributed by atoms with E-state index in [0.717, 1.165) is 22.5 Å². The molecule has 0 bridgehead atoms. The predicted octanol–water partition coefficient (Wildman–Crippen LogP) is 4.84. The van der Waals surface area contributed by atoms with Crippen LogP contribution in [0.3, 0.4) is 0 Å². The number of rotatable bonds is 8. The van der Waals surface area contributed by atoms with Gasteiger partial charge in [0.05, 0.1) is 5.69 Å². The quantitative estimate of drug-likeness (QED) is 0.353. The van der Waals surface area contributed by atoms with Crippen LogP contribution in [0.1, 0.15) is 27.2 Å².